The van der Waals surface area contributed by atoms with Crippen LogP contribution in [-0.2, 0) is 11.2 Å². The lowest BCUT2D eigenvalue weighted by molar-refractivity contribution is -0.0518. The lowest BCUT2D eigenvalue weighted by Gasteiger charge is -2.28. The van der Waals surface area contributed by atoms with Gasteiger partial charge in [0.25, 0.3) is 5.91 Å². The van der Waals surface area contributed by atoms with E-state index >= 15 is 0 Å². The number of rotatable bonds is 7. The Balaban J connectivity index is 1.75. The highest BCUT2D eigenvalue weighted by atomic mass is 35.5. The second kappa shape index (κ2) is 8.57. The van der Waals surface area contributed by atoms with Crippen LogP contribution < -0.4 is 5.32 Å². The van der Waals surface area contributed by atoms with E-state index in [1.807, 2.05) is 29.7 Å². The summed E-state index contributed by atoms with van der Waals surface area (Å²) in [5, 5.41) is 3.31. The summed E-state index contributed by atoms with van der Waals surface area (Å²) in [7, 11) is 0. The third-order valence-electron chi connectivity index (χ3n) is 5.07. The molecule has 2 aromatic rings. The van der Waals surface area contributed by atoms with Crippen molar-refractivity contribution in [3.8, 4) is 0 Å². The topological polar surface area (TPSA) is 42.7 Å². The van der Waals surface area contributed by atoms with Crippen LogP contribution in [0.4, 0.5) is 8.78 Å². The summed E-state index contributed by atoms with van der Waals surface area (Å²) >= 11 is 6.34. The van der Waals surface area contributed by atoms with Crippen molar-refractivity contribution in [2.75, 3.05) is 19.8 Å². The summed E-state index contributed by atoms with van der Waals surface area (Å²) < 4.78 is 34.4. The van der Waals surface area contributed by atoms with E-state index in [0.717, 1.165) is 5.69 Å². The highest BCUT2D eigenvalue weighted by Gasteiger charge is 2.36. The first kappa shape index (κ1) is 20.1. The van der Waals surface area contributed by atoms with Gasteiger partial charge in [-0.25, -0.2) is 8.78 Å². The molecule has 3 rings (SSSR count). The molecule has 0 saturated heterocycles. The maximum Gasteiger partial charge on any atom is 0.253 e. The first-order valence-corrected chi connectivity index (χ1v) is 9.81. The Morgan fingerprint density at radius 1 is 1.48 bits per heavy atom. The standard InChI is InChI=1S/C20H25ClF2N2O2/c1-2-27-10-7-15-11-16(18-17(21)6-4-9-25(15)18)19(26)24-13-14-5-3-8-20(22,23)12-14/h4,6,9,11,14H,2-3,5,7-8,10,12-13H2,1H3,(H,24,26). The maximum atomic E-state index is 13.6. The van der Waals surface area contributed by atoms with Crippen molar-refractivity contribution in [1.29, 1.82) is 0 Å². The number of ether oxygens (including phenoxy) is 1. The molecule has 0 bridgehead atoms. The molecule has 1 unspecified atom stereocenters. The van der Waals surface area contributed by atoms with Gasteiger partial charge in [0.1, 0.15) is 0 Å². The Labute approximate surface area is 162 Å². The highest BCUT2D eigenvalue weighted by Crippen LogP contribution is 2.36. The van der Waals surface area contributed by atoms with Crippen LogP contribution in [0.3, 0.4) is 0 Å². The van der Waals surface area contributed by atoms with Gasteiger partial charge in [0.2, 0.25) is 5.92 Å². The number of carbonyl (C=O) groups is 1. The number of fused-ring (bicyclic) bond motifs is 1. The lowest BCUT2D eigenvalue weighted by atomic mass is 9.86. The molecule has 1 amide bonds. The molecule has 2 aromatic heterocycles. The van der Waals surface area contributed by atoms with Crippen molar-refractivity contribution >= 4 is 23.0 Å². The minimum absolute atomic E-state index is 0.0552. The molecule has 0 aliphatic heterocycles. The summed E-state index contributed by atoms with van der Waals surface area (Å²) in [5.74, 6) is -3.09. The molecule has 7 heteroatoms. The molecule has 27 heavy (non-hydrogen) atoms. The maximum absolute atomic E-state index is 13.6. The van der Waals surface area contributed by atoms with Crippen LogP contribution in [0, 0.1) is 5.92 Å². The van der Waals surface area contributed by atoms with Gasteiger partial charge < -0.3 is 14.5 Å². The summed E-state index contributed by atoms with van der Waals surface area (Å²) in [6, 6.07) is 5.37. The molecule has 0 spiro atoms. The summed E-state index contributed by atoms with van der Waals surface area (Å²) in [6.45, 7) is 3.36. The zero-order valence-electron chi connectivity index (χ0n) is 15.4. The van der Waals surface area contributed by atoms with Gasteiger partial charge in [-0.3, -0.25) is 4.79 Å². The molecule has 1 aliphatic carbocycles. The smallest absolute Gasteiger partial charge is 0.253 e. The minimum Gasteiger partial charge on any atom is -0.381 e. The number of nitrogens with one attached hydrogen (secondary N) is 1. The van der Waals surface area contributed by atoms with Crippen LogP contribution in [0.25, 0.3) is 5.52 Å². The van der Waals surface area contributed by atoms with Crippen molar-refractivity contribution in [3.05, 3.63) is 40.7 Å². The zero-order valence-corrected chi connectivity index (χ0v) is 16.2. The van der Waals surface area contributed by atoms with Crippen LogP contribution in [0.5, 0.6) is 0 Å². The molecule has 1 fully saturated rings. The van der Waals surface area contributed by atoms with E-state index in [-0.39, 0.29) is 31.2 Å². The fourth-order valence-corrected chi connectivity index (χ4v) is 4.02. The van der Waals surface area contributed by atoms with Crippen LogP contribution in [0.15, 0.2) is 24.4 Å². The van der Waals surface area contributed by atoms with Gasteiger partial charge in [0.05, 0.1) is 22.7 Å². The van der Waals surface area contributed by atoms with Crippen molar-refractivity contribution in [1.82, 2.24) is 9.72 Å². The molecule has 1 aliphatic rings. The molecule has 0 radical (unpaired) electrons. The number of halogens is 3. The Hall–Kier alpha value is -1.66. The van der Waals surface area contributed by atoms with E-state index in [1.165, 1.54) is 0 Å². The van der Waals surface area contributed by atoms with Crippen molar-refractivity contribution in [2.24, 2.45) is 5.92 Å². The fourth-order valence-electron chi connectivity index (χ4n) is 3.75. The predicted molar refractivity (Wildman–Crippen MR) is 102 cm³/mol. The van der Waals surface area contributed by atoms with Gasteiger partial charge in [-0.1, -0.05) is 11.6 Å². The quantitative estimate of drug-likeness (QED) is 0.685. The molecule has 4 nitrogen and oxygen atoms in total. The van der Waals surface area contributed by atoms with Crippen LogP contribution in [0.1, 0.15) is 48.7 Å². The molecule has 148 valence electrons. The van der Waals surface area contributed by atoms with Crippen LogP contribution >= 0.6 is 11.6 Å². The van der Waals surface area contributed by atoms with Gasteiger partial charge in [0.15, 0.2) is 0 Å². The van der Waals surface area contributed by atoms with Crippen molar-refractivity contribution in [2.45, 2.75) is 45.0 Å². The van der Waals surface area contributed by atoms with Gasteiger partial charge in [-0.15, -0.1) is 0 Å². The SMILES string of the molecule is CCOCCc1cc(C(=O)NCC2CCCC(F)(F)C2)c2c(Cl)cccn12. The number of aromatic nitrogens is 1. The number of amides is 1. The first-order chi connectivity index (χ1) is 12.9. The van der Waals surface area contributed by atoms with Crippen LogP contribution in [0.2, 0.25) is 5.02 Å². The molecular weight excluding hydrogens is 374 g/mol. The van der Waals surface area contributed by atoms with Crippen molar-refractivity contribution in [3.63, 3.8) is 0 Å². The highest BCUT2D eigenvalue weighted by molar-refractivity contribution is 6.34. The Kier molecular flexibility index (Phi) is 6.37. The number of pyridine rings is 1. The Morgan fingerprint density at radius 3 is 3.04 bits per heavy atom. The molecule has 0 aromatic carbocycles. The lowest BCUT2D eigenvalue weighted by Crippen LogP contribution is -2.35. The monoisotopic (exact) mass is 398 g/mol. The number of alkyl halides is 2. The van der Waals surface area contributed by atoms with Gasteiger partial charge in [-0.2, -0.15) is 0 Å². The third-order valence-corrected chi connectivity index (χ3v) is 5.37. The molecule has 2 heterocycles. The third kappa shape index (κ3) is 4.79. The summed E-state index contributed by atoms with van der Waals surface area (Å²) in [5.41, 5.74) is 2.03. The average Bonchev–Trinajstić information content (AvgIpc) is 2.99. The molecule has 1 saturated carbocycles. The number of nitrogens with zero attached hydrogens (tertiary/aromatic N) is 1. The second-order valence-electron chi connectivity index (χ2n) is 7.10. The minimum atomic E-state index is -2.62. The Morgan fingerprint density at radius 2 is 2.30 bits per heavy atom. The molecule has 1 atom stereocenters. The predicted octanol–water partition coefficient (Wildman–Crippen LogP) is 4.73. The summed E-state index contributed by atoms with van der Waals surface area (Å²) in [4.78, 5) is 12.8. The van der Waals surface area contributed by atoms with Gasteiger partial charge in [0, 0.05) is 44.3 Å². The molecule has 1 N–H and O–H groups in total. The fraction of sp³-hybridized carbons (Fsp3) is 0.550. The van der Waals surface area contributed by atoms with E-state index in [2.05, 4.69) is 5.32 Å². The Bertz CT molecular complexity index is 807. The molecular formula is C20H25ClF2N2O2. The average molecular weight is 399 g/mol. The first-order valence-electron chi connectivity index (χ1n) is 9.43. The van der Waals surface area contributed by atoms with Crippen LogP contribution in [-0.4, -0.2) is 36.0 Å². The van der Waals surface area contributed by atoms with Gasteiger partial charge >= 0.3 is 0 Å². The second-order valence-corrected chi connectivity index (χ2v) is 7.51. The van der Waals surface area contributed by atoms with E-state index in [0.29, 0.717) is 48.6 Å². The zero-order chi connectivity index (χ0) is 19.4. The summed E-state index contributed by atoms with van der Waals surface area (Å²) in [6.07, 6.45) is 3.51. The number of hydrogen-bond acceptors (Lipinski definition) is 2. The number of carbonyl (C=O) groups excluding carboxylic acids is 1. The van der Waals surface area contributed by atoms with E-state index in [4.69, 9.17) is 16.3 Å². The van der Waals surface area contributed by atoms with E-state index < -0.39 is 5.92 Å². The van der Waals surface area contributed by atoms with Crippen molar-refractivity contribution < 1.29 is 18.3 Å². The normalized spacial score (nSPS) is 19.3. The van der Waals surface area contributed by atoms with Gasteiger partial charge in [-0.05, 0) is 43.9 Å². The van der Waals surface area contributed by atoms with E-state index in [1.54, 1.807) is 6.07 Å². The largest absolute Gasteiger partial charge is 0.381 e. The number of hydrogen-bond donors (Lipinski definition) is 1. The van der Waals surface area contributed by atoms with E-state index in [9.17, 15) is 13.6 Å².